The van der Waals surface area contributed by atoms with Crippen LogP contribution in [-0.4, -0.2) is 61.2 Å². The number of nitrogens with zero attached hydrogens (tertiary/aromatic N) is 2. The molecule has 1 N–H and O–H groups in total. The molecule has 2 unspecified atom stereocenters. The topological polar surface area (TPSA) is 18.5 Å². The molecule has 2 saturated heterocycles. The van der Waals surface area contributed by atoms with E-state index in [1.165, 1.54) is 77.8 Å². The van der Waals surface area contributed by atoms with Crippen LogP contribution < -0.4 is 5.32 Å². The van der Waals surface area contributed by atoms with E-state index in [0.717, 1.165) is 6.04 Å². The van der Waals surface area contributed by atoms with Crippen molar-refractivity contribution in [3.8, 4) is 0 Å². The van der Waals surface area contributed by atoms with Crippen LogP contribution in [0.25, 0.3) is 0 Å². The molecular formula is C16H33N3. The van der Waals surface area contributed by atoms with Gasteiger partial charge < -0.3 is 10.2 Å². The Bertz CT molecular complexity index is 244. The third-order valence-electron chi connectivity index (χ3n) is 4.78. The van der Waals surface area contributed by atoms with Crippen LogP contribution in [0.1, 0.15) is 52.4 Å². The highest BCUT2D eigenvalue weighted by molar-refractivity contribution is 4.85. The number of piperazine rings is 1. The molecule has 2 fully saturated rings. The number of piperidine rings is 1. The van der Waals surface area contributed by atoms with Crippen molar-refractivity contribution in [1.82, 2.24) is 15.1 Å². The van der Waals surface area contributed by atoms with Crippen molar-refractivity contribution < 1.29 is 0 Å². The highest BCUT2D eigenvalue weighted by atomic mass is 15.3. The maximum atomic E-state index is 3.59. The summed E-state index contributed by atoms with van der Waals surface area (Å²) in [5.74, 6) is 0. The van der Waals surface area contributed by atoms with Gasteiger partial charge in [0, 0.05) is 31.7 Å². The third kappa shape index (κ3) is 5.05. The van der Waals surface area contributed by atoms with E-state index in [9.17, 15) is 0 Å². The van der Waals surface area contributed by atoms with E-state index in [-0.39, 0.29) is 0 Å². The van der Waals surface area contributed by atoms with Gasteiger partial charge in [-0.1, -0.05) is 13.3 Å². The highest BCUT2D eigenvalue weighted by Crippen LogP contribution is 2.21. The summed E-state index contributed by atoms with van der Waals surface area (Å²) in [5.41, 5.74) is 0. The zero-order valence-corrected chi connectivity index (χ0v) is 13.0. The van der Waals surface area contributed by atoms with E-state index >= 15 is 0 Å². The van der Waals surface area contributed by atoms with Gasteiger partial charge in [-0.05, 0) is 58.7 Å². The quantitative estimate of drug-likeness (QED) is 0.764. The van der Waals surface area contributed by atoms with Crippen LogP contribution in [0.4, 0.5) is 0 Å². The van der Waals surface area contributed by atoms with Crippen LogP contribution in [0, 0.1) is 0 Å². The summed E-state index contributed by atoms with van der Waals surface area (Å²) in [6.07, 6.45) is 8.23. The molecule has 0 aromatic heterocycles. The van der Waals surface area contributed by atoms with Gasteiger partial charge in [0.2, 0.25) is 0 Å². The minimum absolute atomic E-state index is 0.691. The van der Waals surface area contributed by atoms with Crippen LogP contribution in [-0.2, 0) is 0 Å². The van der Waals surface area contributed by atoms with E-state index in [1.54, 1.807) is 0 Å². The fraction of sp³-hybridized carbons (Fsp3) is 1.00. The Morgan fingerprint density at radius 1 is 1.21 bits per heavy atom. The minimum atomic E-state index is 0.691. The standard InChI is InChI=1S/C16H33N3/c1-3-9-17-15(2)7-6-10-18-12-13-19-11-5-4-8-16(19)14-18/h15-17H,3-14H2,1-2H3. The average Bonchev–Trinajstić information content (AvgIpc) is 2.45. The maximum absolute atomic E-state index is 3.59. The SMILES string of the molecule is CCCNC(C)CCCN1CCN2CCCCC2C1. The molecule has 2 aliphatic heterocycles. The Morgan fingerprint density at radius 3 is 2.95 bits per heavy atom. The maximum Gasteiger partial charge on any atom is 0.0223 e. The number of fused-ring (bicyclic) bond motifs is 1. The smallest absolute Gasteiger partial charge is 0.0223 e. The molecule has 0 aromatic carbocycles. The van der Waals surface area contributed by atoms with Gasteiger partial charge in [0.05, 0.1) is 0 Å². The van der Waals surface area contributed by atoms with Gasteiger partial charge in [-0.2, -0.15) is 0 Å². The predicted molar refractivity (Wildman–Crippen MR) is 82.6 cm³/mol. The average molecular weight is 267 g/mol. The van der Waals surface area contributed by atoms with Gasteiger partial charge in [-0.15, -0.1) is 0 Å². The lowest BCUT2D eigenvalue weighted by Crippen LogP contribution is -2.54. The fourth-order valence-electron chi connectivity index (χ4n) is 3.54. The van der Waals surface area contributed by atoms with Crippen molar-refractivity contribution in [3.63, 3.8) is 0 Å². The van der Waals surface area contributed by atoms with Crippen LogP contribution in [0.2, 0.25) is 0 Å². The summed E-state index contributed by atoms with van der Waals surface area (Å²) >= 11 is 0. The first-order valence-electron chi connectivity index (χ1n) is 8.49. The molecule has 0 aromatic rings. The molecule has 2 rings (SSSR count). The van der Waals surface area contributed by atoms with Gasteiger partial charge in [0.25, 0.3) is 0 Å². The lowest BCUT2D eigenvalue weighted by Gasteiger charge is -2.44. The van der Waals surface area contributed by atoms with Crippen molar-refractivity contribution in [2.45, 2.75) is 64.5 Å². The highest BCUT2D eigenvalue weighted by Gasteiger charge is 2.28. The van der Waals surface area contributed by atoms with E-state index in [1.807, 2.05) is 0 Å². The Balaban J connectivity index is 1.59. The van der Waals surface area contributed by atoms with Gasteiger partial charge in [0.1, 0.15) is 0 Å². The first-order chi connectivity index (χ1) is 9.29. The van der Waals surface area contributed by atoms with Gasteiger partial charge in [-0.25, -0.2) is 0 Å². The van der Waals surface area contributed by atoms with Crippen LogP contribution >= 0.6 is 0 Å². The van der Waals surface area contributed by atoms with Gasteiger partial charge >= 0.3 is 0 Å². The molecule has 2 atom stereocenters. The van der Waals surface area contributed by atoms with E-state index in [2.05, 4.69) is 29.0 Å². The number of nitrogens with one attached hydrogen (secondary N) is 1. The monoisotopic (exact) mass is 267 g/mol. The first kappa shape index (κ1) is 15.3. The van der Waals surface area contributed by atoms with Crippen molar-refractivity contribution in [3.05, 3.63) is 0 Å². The lowest BCUT2D eigenvalue weighted by molar-refractivity contribution is 0.0484. The molecule has 2 heterocycles. The molecule has 0 spiro atoms. The van der Waals surface area contributed by atoms with Crippen molar-refractivity contribution in [1.29, 1.82) is 0 Å². The second-order valence-electron chi connectivity index (χ2n) is 6.48. The second kappa shape index (κ2) is 8.23. The molecule has 2 aliphatic rings. The Kier molecular flexibility index (Phi) is 6.62. The van der Waals surface area contributed by atoms with Crippen molar-refractivity contribution >= 4 is 0 Å². The van der Waals surface area contributed by atoms with Crippen LogP contribution in [0.3, 0.4) is 0 Å². The zero-order valence-electron chi connectivity index (χ0n) is 13.0. The normalized spacial score (nSPS) is 27.2. The number of hydrogen-bond donors (Lipinski definition) is 1. The molecule has 3 heteroatoms. The van der Waals surface area contributed by atoms with Gasteiger partial charge in [0.15, 0.2) is 0 Å². The van der Waals surface area contributed by atoms with Crippen molar-refractivity contribution in [2.24, 2.45) is 0 Å². The minimum Gasteiger partial charge on any atom is -0.314 e. The van der Waals surface area contributed by atoms with Crippen LogP contribution in [0.5, 0.6) is 0 Å². The summed E-state index contributed by atoms with van der Waals surface area (Å²) in [6, 6.07) is 1.56. The lowest BCUT2D eigenvalue weighted by atomic mass is 9.99. The molecule has 0 aliphatic carbocycles. The third-order valence-corrected chi connectivity index (χ3v) is 4.78. The summed E-state index contributed by atoms with van der Waals surface area (Å²) < 4.78 is 0. The molecule has 0 saturated carbocycles. The van der Waals surface area contributed by atoms with Crippen molar-refractivity contribution in [2.75, 3.05) is 39.3 Å². The Labute approximate surface area is 119 Å². The van der Waals surface area contributed by atoms with Gasteiger partial charge in [-0.3, -0.25) is 4.90 Å². The summed E-state index contributed by atoms with van der Waals surface area (Å²) in [6.45, 7) is 12.3. The molecule has 0 amide bonds. The van der Waals surface area contributed by atoms with E-state index in [0.29, 0.717) is 6.04 Å². The molecule has 19 heavy (non-hydrogen) atoms. The molecule has 0 radical (unpaired) electrons. The predicted octanol–water partition coefficient (Wildman–Crippen LogP) is 2.32. The Hall–Kier alpha value is -0.120. The number of rotatable bonds is 7. The molecule has 112 valence electrons. The molecule has 0 bridgehead atoms. The van der Waals surface area contributed by atoms with Crippen LogP contribution in [0.15, 0.2) is 0 Å². The molecule has 3 nitrogen and oxygen atoms in total. The largest absolute Gasteiger partial charge is 0.314 e. The molecular weight excluding hydrogens is 234 g/mol. The zero-order chi connectivity index (χ0) is 13.5. The second-order valence-corrected chi connectivity index (χ2v) is 6.48. The van der Waals surface area contributed by atoms with E-state index < -0.39 is 0 Å². The number of hydrogen-bond acceptors (Lipinski definition) is 3. The summed E-state index contributed by atoms with van der Waals surface area (Å²) in [5, 5.41) is 3.59. The van der Waals surface area contributed by atoms with E-state index in [4.69, 9.17) is 0 Å². The fourth-order valence-corrected chi connectivity index (χ4v) is 3.54. The summed E-state index contributed by atoms with van der Waals surface area (Å²) in [4.78, 5) is 5.43. The Morgan fingerprint density at radius 2 is 2.11 bits per heavy atom. The summed E-state index contributed by atoms with van der Waals surface area (Å²) in [7, 11) is 0. The first-order valence-corrected chi connectivity index (χ1v) is 8.49.